The zero-order chi connectivity index (χ0) is 43.3. The molecule has 0 rings (SSSR count). The molecule has 0 aliphatic heterocycles. The number of hydrogen-bond donors (Lipinski definition) is 1. The molecule has 1 N–H and O–H groups in total. The smallest absolute Gasteiger partial charge is 0.462 e. The molecule has 0 fully saturated rings. The Morgan fingerprint density at radius 2 is 0.915 bits per heavy atom. The first-order chi connectivity index (χ1) is 28.7. The second-order valence-corrected chi connectivity index (χ2v) is 18.5. The Hall–Kier alpha value is -1.51. The van der Waals surface area contributed by atoms with Crippen LogP contribution in [0.4, 0.5) is 0 Å². The summed E-state index contributed by atoms with van der Waals surface area (Å²) in [5, 5.41) is 0. The summed E-state index contributed by atoms with van der Waals surface area (Å²) in [7, 11) is -0.709. The van der Waals surface area contributed by atoms with Crippen LogP contribution in [0.25, 0.3) is 0 Å². The minimum Gasteiger partial charge on any atom is -0.462 e. The second-order valence-electron chi connectivity index (χ2n) is 17.0. The molecule has 0 amide bonds. The maximum Gasteiger partial charge on any atom is 0.472 e. The number of unbranched alkanes of at least 4 members (excludes halogenated alkanes) is 28. The van der Waals surface area contributed by atoms with E-state index in [0.29, 0.717) is 19.4 Å². The van der Waals surface area contributed by atoms with Gasteiger partial charge in [0.1, 0.15) is 6.61 Å². The molecule has 0 aliphatic carbocycles. The van der Waals surface area contributed by atoms with Gasteiger partial charge in [-0.1, -0.05) is 199 Å². The predicted octanol–water partition coefficient (Wildman–Crippen LogP) is 14.6. The summed E-state index contributed by atoms with van der Waals surface area (Å²) in [6.07, 6.45) is 47.9. The van der Waals surface area contributed by atoms with Crippen molar-refractivity contribution in [3.63, 3.8) is 0 Å². The van der Waals surface area contributed by atoms with E-state index >= 15 is 0 Å². The summed E-state index contributed by atoms with van der Waals surface area (Å²) < 4.78 is 33.6. The van der Waals surface area contributed by atoms with Crippen LogP contribution in [-0.2, 0) is 32.7 Å². The van der Waals surface area contributed by atoms with Crippen LogP contribution in [-0.4, -0.2) is 68.3 Å². The zero-order valence-electron chi connectivity index (χ0n) is 39.0. The van der Waals surface area contributed by atoms with E-state index in [4.69, 9.17) is 18.5 Å². The molecular weight excluding hydrogens is 762 g/mol. The van der Waals surface area contributed by atoms with Gasteiger partial charge >= 0.3 is 19.8 Å². The number of esters is 2. The SMILES string of the molecule is CCCCC/C=C\C/C=C\CCCCCCCCCC(=O)OC(COC(=O)CCCCCCCCCCCCCCCCCCCCC)COP(=O)(O)OCCN(C)C. The topological polar surface area (TPSA) is 112 Å². The van der Waals surface area contributed by atoms with Gasteiger partial charge < -0.3 is 19.3 Å². The van der Waals surface area contributed by atoms with Crippen molar-refractivity contribution in [3.05, 3.63) is 24.3 Å². The van der Waals surface area contributed by atoms with Gasteiger partial charge in [-0.2, -0.15) is 0 Å². The lowest BCUT2D eigenvalue weighted by Gasteiger charge is -2.20. The Labute approximate surface area is 364 Å². The van der Waals surface area contributed by atoms with Gasteiger partial charge in [0.15, 0.2) is 6.10 Å². The van der Waals surface area contributed by atoms with Gasteiger partial charge in [0.05, 0.1) is 13.2 Å². The summed E-state index contributed by atoms with van der Waals surface area (Å²) in [5.74, 6) is -0.800. The second kappa shape index (κ2) is 44.5. The van der Waals surface area contributed by atoms with Gasteiger partial charge in [0.2, 0.25) is 0 Å². The third kappa shape index (κ3) is 45.8. The number of likely N-dealkylation sites (N-methyl/N-ethyl adjacent to an activating group) is 1. The maximum absolute atomic E-state index is 12.7. The number of phosphoric acid groups is 1. The van der Waals surface area contributed by atoms with E-state index in [1.807, 2.05) is 19.0 Å². The van der Waals surface area contributed by atoms with E-state index in [1.54, 1.807) is 0 Å². The van der Waals surface area contributed by atoms with Crippen molar-refractivity contribution in [1.29, 1.82) is 0 Å². The minimum absolute atomic E-state index is 0.00777. The van der Waals surface area contributed by atoms with Gasteiger partial charge in [-0.15, -0.1) is 0 Å². The van der Waals surface area contributed by atoms with Gasteiger partial charge in [0, 0.05) is 19.4 Å². The van der Waals surface area contributed by atoms with Crippen LogP contribution in [0.2, 0.25) is 0 Å². The molecule has 10 heteroatoms. The fourth-order valence-electron chi connectivity index (χ4n) is 6.95. The number of carbonyl (C=O) groups excluding carboxylic acids is 2. The van der Waals surface area contributed by atoms with Crippen LogP contribution in [0.15, 0.2) is 24.3 Å². The first kappa shape index (κ1) is 57.5. The monoisotopic (exact) mass is 856 g/mol. The highest BCUT2D eigenvalue weighted by atomic mass is 31.2. The predicted molar refractivity (Wildman–Crippen MR) is 248 cm³/mol. The Kier molecular flexibility index (Phi) is 43.4. The van der Waals surface area contributed by atoms with Crippen LogP contribution >= 0.6 is 7.82 Å². The number of nitrogens with zero attached hydrogens (tertiary/aromatic N) is 1. The molecular formula is C49H94NO8P. The number of hydrogen-bond acceptors (Lipinski definition) is 8. The average molecular weight is 856 g/mol. The van der Waals surface area contributed by atoms with Crippen molar-refractivity contribution in [1.82, 2.24) is 4.90 Å². The summed E-state index contributed by atoms with van der Waals surface area (Å²) >= 11 is 0. The lowest BCUT2D eigenvalue weighted by atomic mass is 10.0. The Bertz CT molecular complexity index is 1040. The molecule has 0 bridgehead atoms. The van der Waals surface area contributed by atoms with Crippen molar-refractivity contribution in [2.24, 2.45) is 0 Å². The van der Waals surface area contributed by atoms with E-state index in [9.17, 15) is 19.0 Å². The van der Waals surface area contributed by atoms with Gasteiger partial charge in [-0.25, -0.2) is 4.57 Å². The van der Waals surface area contributed by atoms with E-state index in [-0.39, 0.29) is 25.6 Å². The summed E-state index contributed by atoms with van der Waals surface area (Å²) in [6.45, 7) is 4.33. The zero-order valence-corrected chi connectivity index (χ0v) is 39.9. The van der Waals surface area contributed by atoms with Crippen molar-refractivity contribution >= 4 is 19.8 Å². The third-order valence-corrected chi connectivity index (χ3v) is 11.7. The van der Waals surface area contributed by atoms with Crippen molar-refractivity contribution in [2.75, 3.05) is 40.5 Å². The molecule has 0 aromatic rings. The number of ether oxygens (including phenoxy) is 2. The van der Waals surface area contributed by atoms with Gasteiger partial charge in [-0.05, 0) is 59.0 Å². The van der Waals surface area contributed by atoms with Crippen LogP contribution in [0.5, 0.6) is 0 Å². The third-order valence-electron chi connectivity index (χ3n) is 10.8. The fraction of sp³-hybridized carbons (Fsp3) is 0.878. The quantitative estimate of drug-likeness (QED) is 0.0277. The summed E-state index contributed by atoms with van der Waals surface area (Å²) in [6, 6.07) is 0. The highest BCUT2D eigenvalue weighted by Crippen LogP contribution is 2.43. The number of allylic oxidation sites excluding steroid dienone is 4. The molecule has 2 unspecified atom stereocenters. The van der Waals surface area contributed by atoms with Crippen LogP contribution in [0, 0.1) is 0 Å². The summed E-state index contributed by atoms with van der Waals surface area (Å²) in [4.78, 5) is 37.2. The Morgan fingerprint density at radius 3 is 1.37 bits per heavy atom. The lowest BCUT2D eigenvalue weighted by molar-refractivity contribution is -0.161. The molecule has 348 valence electrons. The molecule has 0 radical (unpaired) electrons. The van der Waals surface area contributed by atoms with Crippen molar-refractivity contribution in [3.8, 4) is 0 Å². The van der Waals surface area contributed by atoms with E-state index in [1.165, 1.54) is 148 Å². The molecule has 0 aliphatic rings. The van der Waals surface area contributed by atoms with Crippen LogP contribution < -0.4 is 0 Å². The lowest BCUT2D eigenvalue weighted by Crippen LogP contribution is -2.29. The molecule has 9 nitrogen and oxygen atoms in total. The molecule has 59 heavy (non-hydrogen) atoms. The molecule has 0 saturated heterocycles. The first-order valence-corrected chi connectivity index (χ1v) is 26.1. The first-order valence-electron chi connectivity index (χ1n) is 24.6. The van der Waals surface area contributed by atoms with E-state index < -0.39 is 26.5 Å². The molecule has 0 spiro atoms. The van der Waals surface area contributed by atoms with Gasteiger partial charge in [0.25, 0.3) is 0 Å². The van der Waals surface area contributed by atoms with Crippen LogP contribution in [0.3, 0.4) is 0 Å². The Balaban J connectivity index is 4.19. The molecule has 2 atom stereocenters. The number of phosphoric ester groups is 1. The number of rotatable bonds is 46. The summed E-state index contributed by atoms with van der Waals surface area (Å²) in [5.41, 5.74) is 0. The Morgan fingerprint density at radius 1 is 0.525 bits per heavy atom. The van der Waals surface area contributed by atoms with Crippen LogP contribution in [0.1, 0.15) is 232 Å². The average Bonchev–Trinajstić information content (AvgIpc) is 3.20. The molecule has 0 aromatic carbocycles. The van der Waals surface area contributed by atoms with Crippen molar-refractivity contribution < 1.29 is 37.6 Å². The molecule has 0 saturated carbocycles. The molecule has 0 aromatic heterocycles. The molecule has 0 heterocycles. The largest absolute Gasteiger partial charge is 0.472 e. The maximum atomic E-state index is 12.7. The normalized spacial score (nSPS) is 13.5. The van der Waals surface area contributed by atoms with E-state index in [2.05, 4.69) is 38.2 Å². The standard InChI is InChI=1S/C49H94NO8P/c1-5-7-9-11-13-15-17-19-21-23-24-26-27-29-31-33-35-37-39-41-48(51)55-45-47(46-57-59(53,54)56-44-43-50(3)4)58-49(52)42-40-38-36-34-32-30-28-25-22-20-18-16-14-12-10-8-6-2/h14,16,20,22,47H,5-13,15,17-19,21,23-46H2,1-4H3,(H,53,54)/b16-14-,22-20-. The number of carbonyl (C=O) groups is 2. The fourth-order valence-corrected chi connectivity index (χ4v) is 7.70. The highest BCUT2D eigenvalue weighted by Gasteiger charge is 2.26. The van der Waals surface area contributed by atoms with Crippen molar-refractivity contribution in [2.45, 2.75) is 238 Å². The van der Waals surface area contributed by atoms with E-state index in [0.717, 1.165) is 51.4 Å². The van der Waals surface area contributed by atoms with Gasteiger partial charge in [-0.3, -0.25) is 18.6 Å². The minimum atomic E-state index is -4.36. The highest BCUT2D eigenvalue weighted by molar-refractivity contribution is 7.47.